The van der Waals surface area contributed by atoms with Crippen molar-refractivity contribution in [3.63, 3.8) is 0 Å². The molecule has 102 valence electrons. The van der Waals surface area contributed by atoms with Crippen LogP contribution in [0.25, 0.3) is 0 Å². The maximum Gasteiger partial charge on any atom is 0.186 e. The Balaban J connectivity index is 3.26. The number of nitrogens with zero attached hydrogens (tertiary/aromatic N) is 1. The molecule has 18 heavy (non-hydrogen) atoms. The van der Waals surface area contributed by atoms with Crippen molar-refractivity contribution in [2.24, 2.45) is 0 Å². The molecule has 7 heteroatoms. The molecular formula is C11H16BrF2N3O. The molecular weight excluding hydrogens is 308 g/mol. The van der Waals surface area contributed by atoms with Crippen LogP contribution in [0.4, 0.5) is 20.2 Å². The van der Waals surface area contributed by atoms with E-state index in [2.05, 4.69) is 21.4 Å². The van der Waals surface area contributed by atoms with Gasteiger partial charge in [0.1, 0.15) is 5.69 Å². The Morgan fingerprint density at radius 3 is 2.44 bits per heavy atom. The highest BCUT2D eigenvalue weighted by atomic mass is 79.9. The zero-order valence-electron chi connectivity index (χ0n) is 10.4. The first-order valence-electron chi connectivity index (χ1n) is 5.27. The lowest BCUT2D eigenvalue weighted by atomic mass is 10.1. The lowest BCUT2D eigenvalue weighted by Gasteiger charge is -2.31. The maximum absolute atomic E-state index is 13.9. The SMILES string of the molecule is CNN(CC(C)(C)O)c1c(N)cc(Br)c(F)c1F. The number of hydrogen-bond acceptors (Lipinski definition) is 4. The van der Waals surface area contributed by atoms with Gasteiger partial charge in [-0.15, -0.1) is 0 Å². The molecule has 1 rings (SSSR count). The summed E-state index contributed by atoms with van der Waals surface area (Å²) >= 11 is 2.88. The lowest BCUT2D eigenvalue weighted by Crippen LogP contribution is -2.46. The van der Waals surface area contributed by atoms with Crippen molar-refractivity contribution >= 4 is 27.3 Å². The molecule has 0 aliphatic heterocycles. The van der Waals surface area contributed by atoms with Crippen molar-refractivity contribution in [1.29, 1.82) is 0 Å². The molecule has 0 spiro atoms. The van der Waals surface area contributed by atoms with Gasteiger partial charge in [0.25, 0.3) is 0 Å². The molecule has 0 saturated carbocycles. The van der Waals surface area contributed by atoms with Gasteiger partial charge in [0.15, 0.2) is 11.6 Å². The Kier molecular flexibility index (Phi) is 4.52. The summed E-state index contributed by atoms with van der Waals surface area (Å²) in [6.07, 6.45) is 0. The number of nitrogens with one attached hydrogen (secondary N) is 1. The smallest absolute Gasteiger partial charge is 0.186 e. The third-order valence-corrected chi connectivity index (χ3v) is 2.83. The summed E-state index contributed by atoms with van der Waals surface area (Å²) in [5.74, 6) is -2.09. The molecule has 0 bridgehead atoms. The summed E-state index contributed by atoms with van der Waals surface area (Å²) in [5.41, 5.74) is 7.21. The number of hydrazine groups is 1. The van der Waals surface area contributed by atoms with Crippen molar-refractivity contribution in [2.45, 2.75) is 19.4 Å². The number of benzene rings is 1. The number of nitrogen functional groups attached to an aromatic ring is 1. The Hall–Kier alpha value is -0.920. The number of aliphatic hydroxyl groups is 1. The normalized spacial score (nSPS) is 11.7. The highest BCUT2D eigenvalue weighted by Crippen LogP contribution is 2.33. The third-order valence-electron chi connectivity index (χ3n) is 2.25. The van der Waals surface area contributed by atoms with Crippen LogP contribution >= 0.6 is 15.9 Å². The molecule has 0 heterocycles. The fourth-order valence-corrected chi connectivity index (χ4v) is 1.96. The zero-order chi connectivity index (χ0) is 14.1. The highest BCUT2D eigenvalue weighted by molar-refractivity contribution is 9.10. The zero-order valence-corrected chi connectivity index (χ0v) is 12.0. The van der Waals surface area contributed by atoms with E-state index < -0.39 is 17.2 Å². The molecule has 1 aromatic carbocycles. The second kappa shape index (κ2) is 5.38. The van der Waals surface area contributed by atoms with E-state index in [1.165, 1.54) is 18.1 Å². The average molecular weight is 324 g/mol. The van der Waals surface area contributed by atoms with Crippen LogP contribution in [0.15, 0.2) is 10.5 Å². The van der Waals surface area contributed by atoms with Crippen molar-refractivity contribution in [3.05, 3.63) is 22.2 Å². The van der Waals surface area contributed by atoms with E-state index in [1.807, 2.05) is 0 Å². The van der Waals surface area contributed by atoms with Crippen LogP contribution in [0.5, 0.6) is 0 Å². The number of hydrogen-bond donors (Lipinski definition) is 3. The van der Waals surface area contributed by atoms with E-state index in [0.717, 1.165) is 0 Å². The molecule has 0 aliphatic carbocycles. The van der Waals surface area contributed by atoms with Crippen molar-refractivity contribution in [1.82, 2.24) is 5.43 Å². The van der Waals surface area contributed by atoms with Crippen LogP contribution in [0, 0.1) is 11.6 Å². The van der Waals surface area contributed by atoms with Crippen LogP contribution in [-0.4, -0.2) is 24.3 Å². The molecule has 0 unspecified atom stereocenters. The van der Waals surface area contributed by atoms with Crippen molar-refractivity contribution < 1.29 is 13.9 Å². The largest absolute Gasteiger partial charge is 0.397 e. The van der Waals surface area contributed by atoms with E-state index in [1.54, 1.807) is 13.8 Å². The Morgan fingerprint density at radius 2 is 2.00 bits per heavy atom. The van der Waals surface area contributed by atoms with E-state index in [4.69, 9.17) is 5.73 Å². The molecule has 0 atom stereocenters. The van der Waals surface area contributed by atoms with Gasteiger partial charge in [-0.05, 0) is 35.8 Å². The third kappa shape index (κ3) is 3.30. The lowest BCUT2D eigenvalue weighted by molar-refractivity contribution is 0.0851. The summed E-state index contributed by atoms with van der Waals surface area (Å²) in [6.45, 7) is 3.16. The quantitative estimate of drug-likeness (QED) is 0.451. The first kappa shape index (κ1) is 15.1. The molecule has 0 aromatic heterocycles. The summed E-state index contributed by atoms with van der Waals surface area (Å²) in [5, 5.41) is 11.0. The molecule has 0 saturated heterocycles. The van der Waals surface area contributed by atoms with Gasteiger partial charge in [0.2, 0.25) is 0 Å². The van der Waals surface area contributed by atoms with Gasteiger partial charge in [0, 0.05) is 7.05 Å². The van der Waals surface area contributed by atoms with Crippen LogP contribution in [0.3, 0.4) is 0 Å². The van der Waals surface area contributed by atoms with E-state index >= 15 is 0 Å². The first-order chi connectivity index (χ1) is 8.17. The van der Waals surface area contributed by atoms with Gasteiger partial charge in [-0.2, -0.15) is 0 Å². The second-order valence-corrected chi connectivity index (χ2v) is 5.40. The second-order valence-electron chi connectivity index (χ2n) is 4.55. The summed E-state index contributed by atoms with van der Waals surface area (Å²) < 4.78 is 27.4. The molecule has 4 N–H and O–H groups in total. The Morgan fingerprint density at radius 1 is 1.44 bits per heavy atom. The summed E-state index contributed by atoms with van der Waals surface area (Å²) in [7, 11) is 1.53. The van der Waals surface area contributed by atoms with Gasteiger partial charge in [-0.1, -0.05) is 0 Å². The Labute approximate surface area is 113 Å². The number of halogens is 3. The number of anilines is 2. The first-order valence-corrected chi connectivity index (χ1v) is 6.07. The van der Waals surface area contributed by atoms with E-state index in [9.17, 15) is 13.9 Å². The van der Waals surface area contributed by atoms with Crippen molar-refractivity contribution in [2.75, 3.05) is 24.3 Å². The predicted octanol–water partition coefficient (Wildman–Crippen LogP) is 2.02. The van der Waals surface area contributed by atoms with Gasteiger partial charge >= 0.3 is 0 Å². The standard InChI is InChI=1S/C11H16BrF2N3O/c1-11(2,18)5-17(16-3)10-7(15)4-6(12)8(13)9(10)14/h4,16,18H,5,15H2,1-3H3. The summed E-state index contributed by atoms with van der Waals surface area (Å²) in [4.78, 5) is 0. The van der Waals surface area contributed by atoms with Gasteiger partial charge in [0.05, 0.1) is 22.3 Å². The number of nitrogens with two attached hydrogens (primary N) is 1. The minimum atomic E-state index is -1.09. The van der Waals surface area contributed by atoms with Gasteiger partial charge in [-0.25, -0.2) is 14.2 Å². The molecule has 0 amide bonds. The monoisotopic (exact) mass is 323 g/mol. The van der Waals surface area contributed by atoms with Gasteiger partial charge in [-0.3, -0.25) is 0 Å². The van der Waals surface area contributed by atoms with Gasteiger partial charge < -0.3 is 15.8 Å². The summed E-state index contributed by atoms with van der Waals surface area (Å²) in [6, 6.07) is 1.28. The van der Waals surface area contributed by atoms with E-state index in [-0.39, 0.29) is 22.4 Å². The molecule has 4 nitrogen and oxygen atoms in total. The van der Waals surface area contributed by atoms with E-state index in [0.29, 0.717) is 0 Å². The van der Waals surface area contributed by atoms with Crippen LogP contribution in [0.1, 0.15) is 13.8 Å². The fraction of sp³-hybridized carbons (Fsp3) is 0.455. The molecule has 0 fully saturated rings. The number of rotatable bonds is 4. The molecule has 0 aliphatic rings. The predicted molar refractivity (Wildman–Crippen MR) is 71.2 cm³/mol. The minimum Gasteiger partial charge on any atom is -0.397 e. The maximum atomic E-state index is 13.9. The average Bonchev–Trinajstić information content (AvgIpc) is 2.23. The molecule has 0 radical (unpaired) electrons. The van der Waals surface area contributed by atoms with Crippen LogP contribution < -0.4 is 16.2 Å². The van der Waals surface area contributed by atoms with Crippen molar-refractivity contribution in [3.8, 4) is 0 Å². The topological polar surface area (TPSA) is 61.5 Å². The fourth-order valence-electron chi connectivity index (χ4n) is 1.53. The Bertz CT molecular complexity index is 449. The molecule has 1 aromatic rings. The minimum absolute atomic E-state index is 0.0411. The van der Waals surface area contributed by atoms with Crippen LogP contribution in [0.2, 0.25) is 0 Å². The van der Waals surface area contributed by atoms with Crippen LogP contribution in [-0.2, 0) is 0 Å². The highest BCUT2D eigenvalue weighted by Gasteiger charge is 2.25.